The van der Waals surface area contributed by atoms with Gasteiger partial charge in [0.05, 0.1) is 10.7 Å². The summed E-state index contributed by atoms with van der Waals surface area (Å²) < 4.78 is 1.77. The molecule has 0 aliphatic heterocycles. The largest absolute Gasteiger partial charge is 0.399 e. The van der Waals surface area contributed by atoms with Gasteiger partial charge in [0, 0.05) is 11.4 Å². The van der Waals surface area contributed by atoms with Gasteiger partial charge < -0.3 is 11.1 Å². The zero-order valence-electron chi connectivity index (χ0n) is 10.3. The number of hydrogen-bond acceptors (Lipinski definition) is 4. The number of anilines is 3. The molecule has 2 heterocycles. The van der Waals surface area contributed by atoms with Gasteiger partial charge in [0.25, 0.3) is 0 Å². The van der Waals surface area contributed by atoms with E-state index in [4.69, 9.17) is 17.3 Å². The number of benzene rings is 1. The van der Waals surface area contributed by atoms with Crippen LogP contribution in [0.2, 0.25) is 5.02 Å². The number of fused-ring (bicyclic) bond motifs is 1. The van der Waals surface area contributed by atoms with Crippen molar-refractivity contribution in [3.05, 3.63) is 47.1 Å². The Morgan fingerprint density at radius 1 is 1.26 bits per heavy atom. The first-order chi connectivity index (χ1) is 9.13. The summed E-state index contributed by atoms with van der Waals surface area (Å²) in [5, 5.41) is 8.02. The van der Waals surface area contributed by atoms with E-state index < -0.39 is 0 Å². The summed E-state index contributed by atoms with van der Waals surface area (Å²) >= 11 is 6.10. The monoisotopic (exact) mass is 273 g/mol. The van der Waals surface area contributed by atoms with Crippen molar-refractivity contribution in [2.45, 2.75) is 6.92 Å². The Bertz CT molecular complexity index is 750. The summed E-state index contributed by atoms with van der Waals surface area (Å²) in [6, 6.07) is 11.0. The second kappa shape index (κ2) is 4.44. The molecule has 0 atom stereocenters. The van der Waals surface area contributed by atoms with E-state index in [1.165, 1.54) is 0 Å². The molecule has 0 saturated carbocycles. The summed E-state index contributed by atoms with van der Waals surface area (Å²) in [5.41, 5.74) is 8.85. The third-order valence-electron chi connectivity index (χ3n) is 2.79. The van der Waals surface area contributed by atoms with Crippen LogP contribution in [0, 0.1) is 6.92 Å². The second-order valence-electron chi connectivity index (χ2n) is 4.24. The first kappa shape index (κ1) is 11.8. The van der Waals surface area contributed by atoms with E-state index in [1.54, 1.807) is 22.7 Å². The number of nitrogens with zero attached hydrogens (tertiary/aromatic N) is 3. The van der Waals surface area contributed by atoms with Crippen LogP contribution >= 0.6 is 11.6 Å². The van der Waals surface area contributed by atoms with Crippen molar-refractivity contribution in [1.29, 1.82) is 0 Å². The van der Waals surface area contributed by atoms with Crippen molar-refractivity contribution in [3.8, 4) is 0 Å². The average Bonchev–Trinajstić information content (AvgIpc) is 2.78. The van der Waals surface area contributed by atoms with E-state index in [9.17, 15) is 0 Å². The Labute approximate surface area is 115 Å². The van der Waals surface area contributed by atoms with Crippen molar-refractivity contribution in [3.63, 3.8) is 0 Å². The maximum absolute atomic E-state index is 6.10. The highest BCUT2D eigenvalue weighted by Crippen LogP contribution is 2.26. The summed E-state index contributed by atoms with van der Waals surface area (Å²) in [4.78, 5) is 4.38. The molecule has 0 spiro atoms. The van der Waals surface area contributed by atoms with Gasteiger partial charge in [-0.05, 0) is 37.3 Å². The topological polar surface area (TPSA) is 68.2 Å². The Hall–Kier alpha value is -2.27. The fourth-order valence-corrected chi connectivity index (χ4v) is 2.01. The van der Waals surface area contributed by atoms with E-state index in [1.807, 2.05) is 25.1 Å². The molecule has 0 radical (unpaired) electrons. The minimum Gasteiger partial charge on any atom is -0.399 e. The SMILES string of the molecule is Cc1cccc2nc(Nc3cc(N)ccc3Cl)nn12. The fourth-order valence-electron chi connectivity index (χ4n) is 1.85. The number of nitrogens with two attached hydrogens (primary N) is 1. The lowest BCUT2D eigenvalue weighted by molar-refractivity contribution is 0.918. The molecule has 6 heteroatoms. The number of pyridine rings is 1. The van der Waals surface area contributed by atoms with E-state index in [2.05, 4.69) is 15.4 Å². The number of aryl methyl sites for hydroxylation is 1. The van der Waals surface area contributed by atoms with E-state index in [-0.39, 0.29) is 0 Å². The molecule has 0 bridgehead atoms. The maximum atomic E-state index is 6.10. The van der Waals surface area contributed by atoms with Crippen molar-refractivity contribution in [1.82, 2.24) is 14.6 Å². The van der Waals surface area contributed by atoms with Gasteiger partial charge >= 0.3 is 0 Å². The van der Waals surface area contributed by atoms with Crippen LogP contribution in [-0.4, -0.2) is 14.6 Å². The number of rotatable bonds is 2. The lowest BCUT2D eigenvalue weighted by Crippen LogP contribution is -1.96. The zero-order chi connectivity index (χ0) is 13.4. The zero-order valence-corrected chi connectivity index (χ0v) is 11.0. The molecule has 0 amide bonds. The van der Waals surface area contributed by atoms with Crippen LogP contribution in [-0.2, 0) is 0 Å². The number of hydrogen-bond donors (Lipinski definition) is 2. The molecule has 2 aromatic heterocycles. The van der Waals surface area contributed by atoms with Crippen molar-refractivity contribution in [2.75, 3.05) is 11.1 Å². The molecule has 3 N–H and O–H groups in total. The molecule has 0 aliphatic rings. The predicted molar refractivity (Wildman–Crippen MR) is 76.9 cm³/mol. The van der Waals surface area contributed by atoms with Crippen molar-refractivity contribution in [2.24, 2.45) is 0 Å². The summed E-state index contributed by atoms with van der Waals surface area (Å²) in [6.07, 6.45) is 0. The third kappa shape index (κ3) is 2.20. The molecule has 3 rings (SSSR count). The molecule has 0 fully saturated rings. The van der Waals surface area contributed by atoms with Crippen LogP contribution in [0.5, 0.6) is 0 Å². The van der Waals surface area contributed by atoms with Gasteiger partial charge in [-0.15, -0.1) is 5.10 Å². The van der Waals surface area contributed by atoms with Gasteiger partial charge in [-0.25, -0.2) is 4.52 Å². The first-order valence-corrected chi connectivity index (χ1v) is 6.16. The van der Waals surface area contributed by atoms with Crippen molar-refractivity contribution >= 4 is 34.6 Å². The smallest absolute Gasteiger partial charge is 0.247 e. The molecule has 19 heavy (non-hydrogen) atoms. The number of nitrogens with one attached hydrogen (secondary N) is 1. The van der Waals surface area contributed by atoms with Gasteiger partial charge in [-0.1, -0.05) is 17.7 Å². The van der Waals surface area contributed by atoms with Gasteiger partial charge in [-0.2, -0.15) is 4.98 Å². The van der Waals surface area contributed by atoms with Crippen molar-refractivity contribution < 1.29 is 0 Å². The molecule has 0 saturated heterocycles. The predicted octanol–water partition coefficient (Wildman–Crippen LogP) is 3.02. The molecule has 1 aromatic carbocycles. The van der Waals surface area contributed by atoms with Gasteiger partial charge in [0.1, 0.15) is 0 Å². The minimum atomic E-state index is 0.488. The molecule has 0 unspecified atom stereocenters. The molecular formula is C13H12ClN5. The van der Waals surface area contributed by atoms with Gasteiger partial charge in [-0.3, -0.25) is 0 Å². The Kier molecular flexibility index (Phi) is 2.76. The average molecular weight is 274 g/mol. The first-order valence-electron chi connectivity index (χ1n) is 5.78. The quantitative estimate of drug-likeness (QED) is 0.704. The van der Waals surface area contributed by atoms with Gasteiger partial charge in [0.15, 0.2) is 5.65 Å². The molecule has 3 aromatic rings. The third-order valence-corrected chi connectivity index (χ3v) is 3.12. The van der Waals surface area contributed by atoms with E-state index in [0.717, 1.165) is 11.3 Å². The van der Waals surface area contributed by atoms with Gasteiger partial charge in [0.2, 0.25) is 5.95 Å². The minimum absolute atomic E-state index is 0.488. The summed E-state index contributed by atoms with van der Waals surface area (Å²) in [5.74, 6) is 0.488. The van der Waals surface area contributed by atoms with E-state index in [0.29, 0.717) is 22.3 Å². The Morgan fingerprint density at radius 3 is 2.89 bits per heavy atom. The Balaban J connectivity index is 2.01. The normalized spacial score (nSPS) is 10.8. The highest BCUT2D eigenvalue weighted by molar-refractivity contribution is 6.33. The Morgan fingerprint density at radius 2 is 2.11 bits per heavy atom. The van der Waals surface area contributed by atoms with Crippen LogP contribution in [0.1, 0.15) is 5.69 Å². The van der Waals surface area contributed by atoms with Crippen LogP contribution < -0.4 is 11.1 Å². The van der Waals surface area contributed by atoms with Crippen LogP contribution in [0.15, 0.2) is 36.4 Å². The van der Waals surface area contributed by atoms with Crippen LogP contribution in [0.3, 0.4) is 0 Å². The van der Waals surface area contributed by atoms with Crippen LogP contribution in [0.25, 0.3) is 5.65 Å². The number of nitrogen functional groups attached to an aromatic ring is 1. The number of aromatic nitrogens is 3. The summed E-state index contributed by atoms with van der Waals surface area (Å²) in [7, 11) is 0. The summed E-state index contributed by atoms with van der Waals surface area (Å²) in [6.45, 7) is 1.97. The standard InChI is InChI=1S/C13H12ClN5/c1-8-3-2-4-12-17-13(18-19(8)12)16-11-7-9(15)5-6-10(11)14/h2-7H,15H2,1H3,(H,16,18). The van der Waals surface area contributed by atoms with E-state index >= 15 is 0 Å². The molecular weight excluding hydrogens is 262 g/mol. The fraction of sp³-hybridized carbons (Fsp3) is 0.0769. The van der Waals surface area contributed by atoms with Crippen LogP contribution in [0.4, 0.5) is 17.3 Å². The highest BCUT2D eigenvalue weighted by atomic mass is 35.5. The maximum Gasteiger partial charge on any atom is 0.247 e. The number of halogens is 1. The molecule has 5 nitrogen and oxygen atoms in total. The molecule has 0 aliphatic carbocycles. The highest BCUT2D eigenvalue weighted by Gasteiger charge is 2.07. The lowest BCUT2D eigenvalue weighted by atomic mass is 10.3. The molecule has 96 valence electrons. The lowest BCUT2D eigenvalue weighted by Gasteiger charge is -2.05. The second-order valence-corrected chi connectivity index (χ2v) is 4.64.